The molecule has 31 heavy (non-hydrogen) atoms. The van der Waals surface area contributed by atoms with E-state index in [0.29, 0.717) is 30.7 Å². The molecule has 1 saturated heterocycles. The van der Waals surface area contributed by atoms with Crippen molar-refractivity contribution in [2.75, 3.05) is 11.9 Å². The number of halogens is 1. The molecule has 3 rings (SSSR count). The predicted octanol–water partition coefficient (Wildman–Crippen LogP) is 4.80. The van der Waals surface area contributed by atoms with Crippen molar-refractivity contribution in [1.82, 2.24) is 4.90 Å². The van der Waals surface area contributed by atoms with Crippen molar-refractivity contribution in [2.24, 2.45) is 0 Å². The molecule has 2 aromatic rings. The number of hydrogen-bond acceptors (Lipinski definition) is 4. The van der Waals surface area contributed by atoms with Gasteiger partial charge in [0.2, 0.25) is 5.91 Å². The molecule has 2 aromatic carbocycles. The minimum Gasteiger partial charge on any atom is -0.444 e. The molecule has 0 unspecified atom stereocenters. The van der Waals surface area contributed by atoms with Crippen molar-refractivity contribution in [2.45, 2.75) is 58.9 Å². The van der Waals surface area contributed by atoms with Crippen LogP contribution in [0.4, 0.5) is 14.9 Å². The molecule has 0 radical (unpaired) electrons. The average Bonchev–Trinajstić information content (AvgIpc) is 3.02. The van der Waals surface area contributed by atoms with Crippen LogP contribution in [0.1, 0.15) is 43.9 Å². The average molecular weight is 429 g/mol. The quantitative estimate of drug-likeness (QED) is 0.718. The van der Waals surface area contributed by atoms with Gasteiger partial charge in [0.15, 0.2) is 0 Å². The topological polar surface area (TPSA) is 67.9 Å². The number of ether oxygens (including phenoxy) is 2. The minimum atomic E-state index is -0.795. The molecule has 6 nitrogen and oxygen atoms in total. The van der Waals surface area contributed by atoms with Gasteiger partial charge in [-0.1, -0.05) is 30.3 Å². The van der Waals surface area contributed by atoms with E-state index in [1.807, 2.05) is 44.2 Å². The number of nitrogens with one attached hydrogen (secondary N) is 1. The third-order valence-corrected chi connectivity index (χ3v) is 5.50. The van der Waals surface area contributed by atoms with Gasteiger partial charge >= 0.3 is 6.09 Å². The molecule has 0 aliphatic carbocycles. The second-order valence-electron chi connectivity index (χ2n) is 8.28. The molecule has 0 bridgehead atoms. The summed E-state index contributed by atoms with van der Waals surface area (Å²) < 4.78 is 25.7. The molecule has 2 amide bonds. The molecule has 1 heterocycles. The van der Waals surface area contributed by atoms with Crippen LogP contribution in [-0.2, 0) is 27.3 Å². The Morgan fingerprint density at radius 2 is 1.97 bits per heavy atom. The van der Waals surface area contributed by atoms with E-state index in [4.69, 9.17) is 9.47 Å². The van der Waals surface area contributed by atoms with Gasteiger partial charge < -0.3 is 14.8 Å². The highest BCUT2D eigenvalue weighted by Crippen LogP contribution is 2.31. The molecule has 7 heteroatoms. The highest BCUT2D eigenvalue weighted by Gasteiger charge is 2.44. The third-order valence-electron chi connectivity index (χ3n) is 5.50. The summed E-state index contributed by atoms with van der Waals surface area (Å²) in [5.41, 5.74) is 1.85. The standard InChI is InChI=1S/C24H29FN2O4/c1-16-19(12-20(13-22(16)25)26-17(2)28)10-11-21-15-31-24(3,4)27(21)23(29)30-14-18-8-6-5-7-9-18/h5-9,12-13,21H,10-11,14-15H2,1-4H3,(H,26,28)/t21-/m1/s1. The van der Waals surface area contributed by atoms with Crippen LogP contribution < -0.4 is 5.32 Å². The molecule has 0 aromatic heterocycles. The normalized spacial score (nSPS) is 17.5. The van der Waals surface area contributed by atoms with Crippen LogP contribution in [0, 0.1) is 12.7 Å². The molecule has 1 aliphatic rings. The van der Waals surface area contributed by atoms with Crippen molar-refractivity contribution in [3.63, 3.8) is 0 Å². The van der Waals surface area contributed by atoms with E-state index in [1.54, 1.807) is 17.9 Å². The van der Waals surface area contributed by atoms with Gasteiger partial charge in [0, 0.05) is 12.6 Å². The van der Waals surface area contributed by atoms with Crippen LogP contribution in [0.25, 0.3) is 0 Å². The Labute approximate surface area is 182 Å². The number of rotatable bonds is 6. The van der Waals surface area contributed by atoms with Gasteiger partial charge in [-0.2, -0.15) is 0 Å². The van der Waals surface area contributed by atoms with E-state index in [1.165, 1.54) is 13.0 Å². The summed E-state index contributed by atoms with van der Waals surface area (Å²) in [5, 5.41) is 2.63. The smallest absolute Gasteiger partial charge is 0.412 e. The summed E-state index contributed by atoms with van der Waals surface area (Å²) in [4.78, 5) is 25.8. The molecule has 166 valence electrons. The van der Waals surface area contributed by atoms with E-state index < -0.39 is 11.8 Å². The summed E-state index contributed by atoms with van der Waals surface area (Å²) in [7, 11) is 0. The van der Waals surface area contributed by atoms with Crippen molar-refractivity contribution in [3.05, 3.63) is 65.0 Å². The maximum absolute atomic E-state index is 14.3. The number of carbonyl (C=O) groups is 2. The van der Waals surface area contributed by atoms with Crippen LogP contribution in [-0.4, -0.2) is 35.3 Å². The fourth-order valence-corrected chi connectivity index (χ4v) is 3.85. The van der Waals surface area contributed by atoms with E-state index in [9.17, 15) is 14.0 Å². The highest BCUT2D eigenvalue weighted by molar-refractivity contribution is 5.88. The van der Waals surface area contributed by atoms with Crippen LogP contribution in [0.15, 0.2) is 42.5 Å². The zero-order valence-corrected chi connectivity index (χ0v) is 18.4. The summed E-state index contributed by atoms with van der Waals surface area (Å²) in [6, 6.07) is 12.4. The molecule has 1 aliphatic heterocycles. The molecule has 1 N–H and O–H groups in total. The SMILES string of the molecule is CC(=O)Nc1cc(F)c(C)c(CC[C@@H]2COC(C)(C)N2C(=O)OCc2ccccc2)c1. The maximum Gasteiger partial charge on any atom is 0.412 e. The maximum atomic E-state index is 14.3. The van der Waals surface area contributed by atoms with Crippen LogP contribution in [0.5, 0.6) is 0 Å². The predicted molar refractivity (Wildman–Crippen MR) is 116 cm³/mol. The first-order valence-electron chi connectivity index (χ1n) is 10.4. The van der Waals surface area contributed by atoms with Crippen molar-refractivity contribution < 1.29 is 23.5 Å². The second-order valence-corrected chi connectivity index (χ2v) is 8.28. The van der Waals surface area contributed by atoms with Crippen molar-refractivity contribution in [3.8, 4) is 0 Å². The van der Waals surface area contributed by atoms with Gasteiger partial charge in [0.05, 0.1) is 12.6 Å². The number of aryl methyl sites for hydroxylation is 1. The monoisotopic (exact) mass is 428 g/mol. The minimum absolute atomic E-state index is 0.183. The van der Waals surface area contributed by atoms with Gasteiger partial charge in [0.25, 0.3) is 0 Å². The zero-order valence-electron chi connectivity index (χ0n) is 18.4. The lowest BCUT2D eigenvalue weighted by molar-refractivity contribution is -0.114. The first kappa shape index (κ1) is 22.7. The lowest BCUT2D eigenvalue weighted by Gasteiger charge is -2.32. The summed E-state index contributed by atoms with van der Waals surface area (Å²) >= 11 is 0. The summed E-state index contributed by atoms with van der Waals surface area (Å²) in [5.74, 6) is -0.629. The van der Waals surface area contributed by atoms with E-state index in [2.05, 4.69) is 5.32 Å². The van der Waals surface area contributed by atoms with Gasteiger partial charge in [-0.25, -0.2) is 9.18 Å². The number of hydrogen-bond donors (Lipinski definition) is 1. The lowest BCUT2D eigenvalue weighted by atomic mass is 9.99. The first-order valence-corrected chi connectivity index (χ1v) is 10.4. The lowest BCUT2D eigenvalue weighted by Crippen LogP contribution is -2.48. The molecule has 0 saturated carbocycles. The third kappa shape index (κ3) is 5.61. The number of amides is 2. The summed E-state index contributed by atoms with van der Waals surface area (Å²) in [6.07, 6.45) is 0.669. The van der Waals surface area contributed by atoms with Crippen molar-refractivity contribution in [1.29, 1.82) is 0 Å². The Morgan fingerprint density at radius 1 is 1.26 bits per heavy atom. The fourth-order valence-electron chi connectivity index (χ4n) is 3.85. The van der Waals surface area contributed by atoms with Crippen LogP contribution >= 0.6 is 0 Å². The molecular formula is C24H29FN2O4. The van der Waals surface area contributed by atoms with Gasteiger partial charge in [0.1, 0.15) is 18.1 Å². The second kappa shape index (κ2) is 9.47. The molecular weight excluding hydrogens is 399 g/mol. The molecule has 1 atom stereocenters. The Morgan fingerprint density at radius 3 is 2.65 bits per heavy atom. The Balaban J connectivity index is 1.69. The van der Waals surface area contributed by atoms with Crippen molar-refractivity contribution >= 4 is 17.7 Å². The number of nitrogens with zero attached hydrogens (tertiary/aromatic N) is 1. The van der Waals surface area contributed by atoms with Gasteiger partial charge in [-0.3, -0.25) is 9.69 Å². The van der Waals surface area contributed by atoms with Gasteiger partial charge in [-0.05, 0) is 62.4 Å². The van der Waals surface area contributed by atoms with E-state index in [0.717, 1.165) is 11.1 Å². The van der Waals surface area contributed by atoms with E-state index >= 15 is 0 Å². The zero-order chi connectivity index (χ0) is 22.6. The summed E-state index contributed by atoms with van der Waals surface area (Å²) in [6.45, 7) is 7.32. The molecule has 1 fully saturated rings. The first-order chi connectivity index (χ1) is 14.7. The Bertz CT molecular complexity index is 946. The highest BCUT2D eigenvalue weighted by atomic mass is 19.1. The van der Waals surface area contributed by atoms with Gasteiger partial charge in [-0.15, -0.1) is 0 Å². The number of benzene rings is 2. The largest absolute Gasteiger partial charge is 0.444 e. The van der Waals surface area contributed by atoms with Crippen LogP contribution in [0.3, 0.4) is 0 Å². The number of carbonyl (C=O) groups excluding carboxylic acids is 2. The molecule has 0 spiro atoms. The fraction of sp³-hybridized carbons (Fsp3) is 0.417. The Hall–Kier alpha value is -2.93. The van der Waals surface area contributed by atoms with E-state index in [-0.39, 0.29) is 24.4 Å². The Kier molecular flexibility index (Phi) is 6.95. The van der Waals surface area contributed by atoms with Crippen LogP contribution in [0.2, 0.25) is 0 Å². The number of anilines is 1.